The molecule has 0 spiro atoms. The van der Waals surface area contributed by atoms with Crippen molar-refractivity contribution in [2.24, 2.45) is 0 Å². The summed E-state index contributed by atoms with van der Waals surface area (Å²) in [4.78, 5) is 4.46. The van der Waals surface area contributed by atoms with Crippen LogP contribution in [-0.4, -0.2) is 10.1 Å². The van der Waals surface area contributed by atoms with Gasteiger partial charge in [-0.3, -0.25) is 0 Å². The van der Waals surface area contributed by atoms with Crippen molar-refractivity contribution in [1.82, 2.24) is 10.1 Å². The van der Waals surface area contributed by atoms with Crippen LogP contribution in [0.5, 0.6) is 0 Å². The van der Waals surface area contributed by atoms with Gasteiger partial charge in [0.2, 0.25) is 5.82 Å². The fourth-order valence-corrected chi connectivity index (χ4v) is 2.63. The molecule has 0 atom stereocenters. The molecule has 0 amide bonds. The molecule has 5 heteroatoms. The number of aryl methyl sites for hydroxylation is 2. The third-order valence-electron chi connectivity index (χ3n) is 3.27. The van der Waals surface area contributed by atoms with Gasteiger partial charge in [0.15, 0.2) is 0 Å². The highest BCUT2D eigenvalue weighted by Crippen LogP contribution is 2.30. The number of rotatable bonds is 2. The van der Waals surface area contributed by atoms with Crippen LogP contribution < -0.4 is 5.73 Å². The molecule has 2 aromatic carbocycles. The van der Waals surface area contributed by atoms with Crippen molar-refractivity contribution < 1.29 is 4.52 Å². The van der Waals surface area contributed by atoms with Crippen LogP contribution in [0.3, 0.4) is 0 Å². The minimum absolute atomic E-state index is 0.439. The molecule has 1 heterocycles. The molecule has 0 bridgehead atoms. The number of hydrogen-bond donors (Lipinski definition) is 1. The first-order valence-electron chi connectivity index (χ1n) is 6.51. The summed E-state index contributed by atoms with van der Waals surface area (Å²) in [5.74, 6) is 0.985. The van der Waals surface area contributed by atoms with E-state index in [1.54, 1.807) is 0 Å². The largest absolute Gasteiger partial charge is 0.398 e. The number of hydrogen-bond acceptors (Lipinski definition) is 4. The number of halogens is 1. The number of nitrogens with zero attached hydrogens (tertiary/aromatic N) is 2. The SMILES string of the molecule is Cc1cc(C)c(N)c(-c2nc(-c3cccc(Br)c3)no2)c1. The first-order chi connectivity index (χ1) is 10.0. The molecule has 0 unspecified atom stereocenters. The lowest BCUT2D eigenvalue weighted by atomic mass is 10.0. The summed E-state index contributed by atoms with van der Waals surface area (Å²) < 4.78 is 6.35. The standard InChI is InChI=1S/C16H14BrN3O/c1-9-6-10(2)14(18)13(7-9)16-19-15(20-21-16)11-4-3-5-12(17)8-11/h3-8H,18H2,1-2H3. The first kappa shape index (κ1) is 13.8. The molecule has 0 saturated heterocycles. The summed E-state index contributed by atoms with van der Waals surface area (Å²) in [6.07, 6.45) is 0. The van der Waals surface area contributed by atoms with E-state index in [9.17, 15) is 0 Å². The van der Waals surface area contributed by atoms with Gasteiger partial charge >= 0.3 is 0 Å². The monoisotopic (exact) mass is 343 g/mol. The highest BCUT2D eigenvalue weighted by atomic mass is 79.9. The Morgan fingerprint density at radius 1 is 1.14 bits per heavy atom. The molecule has 0 radical (unpaired) electrons. The predicted octanol–water partition coefficient (Wildman–Crippen LogP) is 4.37. The van der Waals surface area contributed by atoms with Crippen LogP contribution >= 0.6 is 15.9 Å². The molecule has 0 aliphatic carbocycles. The second-order valence-electron chi connectivity index (χ2n) is 4.98. The third kappa shape index (κ3) is 2.69. The number of aromatic nitrogens is 2. The molecule has 3 aromatic rings. The third-order valence-corrected chi connectivity index (χ3v) is 3.76. The summed E-state index contributed by atoms with van der Waals surface area (Å²) in [6.45, 7) is 3.99. The van der Waals surface area contributed by atoms with Gasteiger partial charge in [-0.15, -0.1) is 0 Å². The average Bonchev–Trinajstić information content (AvgIpc) is 2.92. The maximum absolute atomic E-state index is 6.12. The molecule has 3 rings (SSSR count). The van der Waals surface area contributed by atoms with Crippen molar-refractivity contribution in [2.75, 3.05) is 5.73 Å². The summed E-state index contributed by atoms with van der Waals surface area (Å²) in [5.41, 5.74) is 10.6. The van der Waals surface area contributed by atoms with Gasteiger partial charge in [0, 0.05) is 15.7 Å². The Balaban J connectivity index is 2.07. The molecular formula is C16H14BrN3O. The van der Waals surface area contributed by atoms with E-state index in [2.05, 4.69) is 26.1 Å². The van der Waals surface area contributed by atoms with Crippen molar-refractivity contribution in [3.63, 3.8) is 0 Å². The Labute approximate surface area is 131 Å². The average molecular weight is 344 g/mol. The van der Waals surface area contributed by atoms with Crippen molar-refractivity contribution in [3.8, 4) is 22.8 Å². The van der Waals surface area contributed by atoms with Crippen LogP contribution in [0.15, 0.2) is 45.4 Å². The molecule has 0 aliphatic heterocycles. The smallest absolute Gasteiger partial charge is 0.260 e. The van der Waals surface area contributed by atoms with Crippen LogP contribution in [0.4, 0.5) is 5.69 Å². The van der Waals surface area contributed by atoms with Gasteiger partial charge in [-0.1, -0.05) is 39.3 Å². The number of anilines is 1. The lowest BCUT2D eigenvalue weighted by molar-refractivity contribution is 0.432. The quantitative estimate of drug-likeness (QED) is 0.702. The van der Waals surface area contributed by atoms with Gasteiger partial charge < -0.3 is 10.3 Å². The summed E-state index contributed by atoms with van der Waals surface area (Å²) in [6, 6.07) is 11.8. The molecule has 1 aromatic heterocycles. The Hall–Kier alpha value is -2.14. The molecule has 21 heavy (non-hydrogen) atoms. The van der Waals surface area contributed by atoms with E-state index in [1.807, 2.05) is 50.2 Å². The summed E-state index contributed by atoms with van der Waals surface area (Å²) in [5, 5.41) is 4.04. The molecule has 0 saturated carbocycles. The van der Waals surface area contributed by atoms with Crippen LogP contribution in [0.2, 0.25) is 0 Å². The summed E-state index contributed by atoms with van der Waals surface area (Å²) in [7, 11) is 0. The lowest BCUT2D eigenvalue weighted by Crippen LogP contribution is -1.95. The van der Waals surface area contributed by atoms with Crippen molar-refractivity contribution in [3.05, 3.63) is 52.0 Å². The van der Waals surface area contributed by atoms with Crippen LogP contribution in [0.1, 0.15) is 11.1 Å². The zero-order chi connectivity index (χ0) is 15.0. The van der Waals surface area contributed by atoms with Crippen LogP contribution in [0, 0.1) is 13.8 Å². The zero-order valence-corrected chi connectivity index (χ0v) is 13.3. The van der Waals surface area contributed by atoms with E-state index in [-0.39, 0.29) is 0 Å². The second kappa shape index (κ2) is 5.33. The fraction of sp³-hybridized carbons (Fsp3) is 0.125. The lowest BCUT2D eigenvalue weighted by Gasteiger charge is -2.06. The Morgan fingerprint density at radius 2 is 1.95 bits per heavy atom. The molecule has 0 fully saturated rings. The molecule has 106 valence electrons. The second-order valence-corrected chi connectivity index (χ2v) is 5.89. The highest BCUT2D eigenvalue weighted by molar-refractivity contribution is 9.10. The number of nitrogen functional groups attached to an aromatic ring is 1. The Bertz CT molecular complexity index is 811. The summed E-state index contributed by atoms with van der Waals surface area (Å²) >= 11 is 3.44. The van der Waals surface area contributed by atoms with E-state index in [0.29, 0.717) is 17.4 Å². The maximum Gasteiger partial charge on any atom is 0.260 e. The molecule has 0 aliphatic rings. The van der Waals surface area contributed by atoms with Crippen molar-refractivity contribution >= 4 is 21.6 Å². The van der Waals surface area contributed by atoms with Gasteiger partial charge in [0.25, 0.3) is 5.89 Å². The molecular weight excluding hydrogens is 330 g/mol. The minimum atomic E-state index is 0.439. The van der Waals surface area contributed by atoms with Gasteiger partial charge in [-0.25, -0.2) is 0 Å². The Kier molecular flexibility index (Phi) is 3.51. The van der Waals surface area contributed by atoms with E-state index < -0.39 is 0 Å². The van der Waals surface area contributed by atoms with Gasteiger partial charge in [-0.05, 0) is 43.2 Å². The van der Waals surface area contributed by atoms with E-state index in [1.165, 1.54) is 0 Å². The first-order valence-corrected chi connectivity index (χ1v) is 7.30. The topological polar surface area (TPSA) is 64.9 Å². The highest BCUT2D eigenvalue weighted by Gasteiger charge is 2.14. The molecule has 2 N–H and O–H groups in total. The zero-order valence-electron chi connectivity index (χ0n) is 11.7. The normalized spacial score (nSPS) is 10.8. The number of benzene rings is 2. The van der Waals surface area contributed by atoms with Crippen molar-refractivity contribution in [1.29, 1.82) is 0 Å². The van der Waals surface area contributed by atoms with Gasteiger partial charge in [0.05, 0.1) is 5.56 Å². The van der Waals surface area contributed by atoms with E-state index >= 15 is 0 Å². The Morgan fingerprint density at radius 3 is 2.71 bits per heavy atom. The fourth-order valence-electron chi connectivity index (χ4n) is 2.23. The molecule has 4 nitrogen and oxygen atoms in total. The van der Waals surface area contributed by atoms with Crippen LogP contribution in [-0.2, 0) is 0 Å². The van der Waals surface area contributed by atoms with E-state index in [4.69, 9.17) is 10.3 Å². The van der Waals surface area contributed by atoms with Crippen molar-refractivity contribution in [2.45, 2.75) is 13.8 Å². The van der Waals surface area contributed by atoms with Gasteiger partial charge in [0.1, 0.15) is 0 Å². The minimum Gasteiger partial charge on any atom is -0.398 e. The maximum atomic E-state index is 6.12. The van der Waals surface area contributed by atoms with Crippen LogP contribution in [0.25, 0.3) is 22.8 Å². The van der Waals surface area contributed by atoms with E-state index in [0.717, 1.165) is 26.7 Å². The predicted molar refractivity (Wildman–Crippen MR) is 86.8 cm³/mol. The van der Waals surface area contributed by atoms with Gasteiger partial charge in [-0.2, -0.15) is 4.98 Å². The number of nitrogens with two attached hydrogens (primary N) is 1.